The molecule has 0 radical (unpaired) electrons. The summed E-state index contributed by atoms with van der Waals surface area (Å²) in [7, 11) is 0. The van der Waals surface area contributed by atoms with Gasteiger partial charge >= 0.3 is 0 Å². The number of nitrogens with zero attached hydrogens (tertiary/aromatic N) is 1. The summed E-state index contributed by atoms with van der Waals surface area (Å²) >= 11 is 0. The molecule has 1 aromatic heterocycles. The van der Waals surface area contributed by atoms with Crippen molar-refractivity contribution in [3.05, 3.63) is 65.5 Å². The van der Waals surface area contributed by atoms with Crippen molar-refractivity contribution in [2.45, 2.75) is 18.9 Å². The van der Waals surface area contributed by atoms with Crippen LogP contribution in [-0.4, -0.2) is 17.3 Å². The zero-order valence-electron chi connectivity index (χ0n) is 10.7. The minimum atomic E-state index is -0.176. The summed E-state index contributed by atoms with van der Waals surface area (Å²) in [6.45, 7) is 0.862. The average molecular weight is 252 g/mol. The smallest absolute Gasteiger partial charge is 0.158 e. The molecule has 19 heavy (non-hydrogen) atoms. The molecule has 1 atom stereocenters. The highest BCUT2D eigenvalue weighted by atomic mass is 16.1. The van der Waals surface area contributed by atoms with Crippen LogP contribution >= 0.6 is 0 Å². The van der Waals surface area contributed by atoms with Crippen LogP contribution in [0.25, 0.3) is 0 Å². The number of pyridine rings is 1. The molecule has 0 bridgehead atoms. The van der Waals surface area contributed by atoms with Crippen LogP contribution in [0.3, 0.4) is 0 Å². The molecule has 1 aromatic carbocycles. The van der Waals surface area contributed by atoms with Gasteiger partial charge in [0.1, 0.15) is 0 Å². The maximum absolute atomic E-state index is 12.4. The fraction of sp³-hybridized carbons (Fsp3) is 0.250. The Labute approximate surface area is 112 Å². The van der Waals surface area contributed by atoms with Gasteiger partial charge in [0.25, 0.3) is 0 Å². The molecule has 0 fully saturated rings. The predicted octanol–water partition coefficient (Wildman–Crippen LogP) is 2.08. The van der Waals surface area contributed by atoms with E-state index in [1.165, 1.54) is 5.56 Å². The summed E-state index contributed by atoms with van der Waals surface area (Å²) in [5.41, 5.74) is 3.38. The molecule has 3 nitrogen and oxygen atoms in total. The van der Waals surface area contributed by atoms with Crippen molar-refractivity contribution in [3.8, 4) is 0 Å². The van der Waals surface area contributed by atoms with Gasteiger partial charge in [0, 0.05) is 25.4 Å². The number of aromatic nitrogens is 1. The Morgan fingerprint density at radius 2 is 2.16 bits per heavy atom. The first-order chi connectivity index (χ1) is 9.34. The van der Waals surface area contributed by atoms with Crippen LogP contribution in [0.1, 0.15) is 22.7 Å². The molecule has 1 aliphatic rings. The van der Waals surface area contributed by atoms with Crippen molar-refractivity contribution in [3.63, 3.8) is 0 Å². The quantitative estimate of drug-likeness (QED) is 0.909. The van der Waals surface area contributed by atoms with Crippen molar-refractivity contribution in [2.24, 2.45) is 0 Å². The van der Waals surface area contributed by atoms with E-state index in [1.807, 2.05) is 30.3 Å². The van der Waals surface area contributed by atoms with Crippen molar-refractivity contribution < 1.29 is 4.79 Å². The standard InChI is InChI=1S/C16H16N2O/c19-15(10-12-4-3-8-17-11-12)16-14-6-2-1-5-13(14)7-9-18-16/h1-6,8,11,16,18H,7,9-10H2. The molecule has 0 saturated heterocycles. The fourth-order valence-corrected chi connectivity index (χ4v) is 2.60. The number of carbonyl (C=O) groups is 1. The molecule has 1 unspecified atom stereocenters. The van der Waals surface area contributed by atoms with E-state index < -0.39 is 0 Å². The van der Waals surface area contributed by atoms with E-state index in [4.69, 9.17) is 0 Å². The molecule has 1 N–H and O–H groups in total. The third-order valence-corrected chi connectivity index (χ3v) is 3.53. The highest BCUT2D eigenvalue weighted by molar-refractivity contribution is 5.87. The number of hydrogen-bond acceptors (Lipinski definition) is 3. The fourth-order valence-electron chi connectivity index (χ4n) is 2.60. The molecule has 0 saturated carbocycles. The van der Waals surface area contributed by atoms with Gasteiger partial charge in [0.2, 0.25) is 0 Å². The Hall–Kier alpha value is -2.00. The highest BCUT2D eigenvalue weighted by Crippen LogP contribution is 2.24. The predicted molar refractivity (Wildman–Crippen MR) is 73.8 cm³/mol. The van der Waals surface area contributed by atoms with Crippen LogP contribution in [0.2, 0.25) is 0 Å². The Morgan fingerprint density at radius 1 is 1.26 bits per heavy atom. The van der Waals surface area contributed by atoms with Crippen LogP contribution in [0.5, 0.6) is 0 Å². The van der Waals surface area contributed by atoms with E-state index in [1.54, 1.807) is 12.4 Å². The van der Waals surface area contributed by atoms with Crippen molar-refractivity contribution in [1.82, 2.24) is 10.3 Å². The van der Waals surface area contributed by atoms with Crippen LogP contribution in [0, 0.1) is 0 Å². The van der Waals surface area contributed by atoms with Crippen molar-refractivity contribution in [2.75, 3.05) is 6.54 Å². The van der Waals surface area contributed by atoms with Gasteiger partial charge in [-0.1, -0.05) is 30.3 Å². The van der Waals surface area contributed by atoms with Gasteiger partial charge in [-0.25, -0.2) is 0 Å². The van der Waals surface area contributed by atoms with E-state index in [2.05, 4.69) is 16.4 Å². The Bertz CT molecular complexity index is 580. The molecule has 0 amide bonds. The molecular formula is C16H16N2O. The number of nitrogens with one attached hydrogen (secondary N) is 1. The first kappa shape index (κ1) is 12.1. The SMILES string of the molecule is O=C(Cc1cccnc1)C1NCCc2ccccc21. The first-order valence-corrected chi connectivity index (χ1v) is 6.57. The van der Waals surface area contributed by atoms with Crippen LogP contribution in [-0.2, 0) is 17.6 Å². The summed E-state index contributed by atoms with van der Waals surface area (Å²) < 4.78 is 0. The van der Waals surface area contributed by atoms with E-state index in [0.29, 0.717) is 6.42 Å². The molecule has 2 aromatic rings. The summed E-state index contributed by atoms with van der Waals surface area (Å²) in [6, 6.07) is 11.8. The Balaban J connectivity index is 1.82. The molecule has 96 valence electrons. The third kappa shape index (κ3) is 2.56. The maximum atomic E-state index is 12.4. The van der Waals surface area contributed by atoms with Gasteiger partial charge in [-0.15, -0.1) is 0 Å². The van der Waals surface area contributed by atoms with Crippen molar-refractivity contribution in [1.29, 1.82) is 0 Å². The molecule has 1 aliphatic heterocycles. The lowest BCUT2D eigenvalue weighted by atomic mass is 9.90. The van der Waals surface area contributed by atoms with Gasteiger partial charge < -0.3 is 5.32 Å². The second-order valence-corrected chi connectivity index (χ2v) is 4.84. The largest absolute Gasteiger partial charge is 0.303 e. The van der Waals surface area contributed by atoms with Crippen molar-refractivity contribution >= 4 is 5.78 Å². The lowest BCUT2D eigenvalue weighted by molar-refractivity contribution is -0.120. The molecule has 3 rings (SSSR count). The molecule has 0 aliphatic carbocycles. The number of ketones is 1. The van der Waals surface area contributed by atoms with E-state index in [-0.39, 0.29) is 11.8 Å². The topological polar surface area (TPSA) is 42.0 Å². The maximum Gasteiger partial charge on any atom is 0.158 e. The number of benzene rings is 1. The second kappa shape index (κ2) is 5.33. The Kier molecular flexibility index (Phi) is 3.38. The summed E-state index contributed by atoms with van der Waals surface area (Å²) in [5, 5.41) is 3.33. The number of hydrogen-bond donors (Lipinski definition) is 1. The number of carbonyl (C=O) groups excluding carboxylic acids is 1. The monoisotopic (exact) mass is 252 g/mol. The van der Waals surface area contributed by atoms with Gasteiger partial charge in [-0.2, -0.15) is 0 Å². The van der Waals surface area contributed by atoms with Crippen LogP contribution < -0.4 is 5.32 Å². The first-order valence-electron chi connectivity index (χ1n) is 6.57. The Morgan fingerprint density at radius 3 is 3.00 bits per heavy atom. The minimum absolute atomic E-state index is 0.176. The molecule has 2 heterocycles. The van der Waals surface area contributed by atoms with Crippen LogP contribution in [0.4, 0.5) is 0 Å². The normalized spacial score (nSPS) is 17.8. The lowest BCUT2D eigenvalue weighted by Gasteiger charge is -2.25. The van der Waals surface area contributed by atoms with E-state index >= 15 is 0 Å². The number of rotatable bonds is 3. The van der Waals surface area contributed by atoms with Crippen LogP contribution in [0.15, 0.2) is 48.8 Å². The molecular weight excluding hydrogens is 236 g/mol. The number of Topliss-reactive ketones (excluding diaryl/α,β-unsaturated/α-hetero) is 1. The lowest BCUT2D eigenvalue weighted by Crippen LogP contribution is -2.35. The van der Waals surface area contributed by atoms with E-state index in [9.17, 15) is 4.79 Å². The molecule has 3 heteroatoms. The number of fused-ring (bicyclic) bond motifs is 1. The summed E-state index contributed by atoms with van der Waals surface area (Å²) in [4.78, 5) is 16.5. The summed E-state index contributed by atoms with van der Waals surface area (Å²) in [6.07, 6.45) is 4.90. The average Bonchev–Trinajstić information content (AvgIpc) is 2.47. The van der Waals surface area contributed by atoms with Gasteiger partial charge in [0.05, 0.1) is 6.04 Å². The minimum Gasteiger partial charge on any atom is -0.303 e. The van der Waals surface area contributed by atoms with E-state index in [0.717, 1.165) is 24.1 Å². The van der Waals surface area contributed by atoms with Gasteiger partial charge in [0.15, 0.2) is 5.78 Å². The second-order valence-electron chi connectivity index (χ2n) is 4.84. The zero-order valence-corrected chi connectivity index (χ0v) is 10.7. The van der Waals surface area contributed by atoms with Gasteiger partial charge in [-0.05, 0) is 29.2 Å². The zero-order chi connectivity index (χ0) is 13.1. The van der Waals surface area contributed by atoms with Gasteiger partial charge in [-0.3, -0.25) is 9.78 Å². The summed E-state index contributed by atoms with van der Waals surface area (Å²) in [5.74, 6) is 0.208. The molecule has 0 spiro atoms. The third-order valence-electron chi connectivity index (χ3n) is 3.53. The highest BCUT2D eigenvalue weighted by Gasteiger charge is 2.25.